The van der Waals surface area contributed by atoms with E-state index in [9.17, 15) is 9.18 Å². The third kappa shape index (κ3) is 3.12. The lowest BCUT2D eigenvalue weighted by Gasteiger charge is -2.43. The van der Waals surface area contributed by atoms with E-state index in [1.54, 1.807) is 23.2 Å². The summed E-state index contributed by atoms with van der Waals surface area (Å²) in [7, 11) is 0. The average molecular weight is 369 g/mol. The average Bonchev–Trinajstić information content (AvgIpc) is 2.63. The SMILES string of the molecule is Cc1cccc(F)c1N1Cc2cnc(N)cc2N([C@H]2CC[C@H](N)CC2)C1=O. The molecule has 1 fully saturated rings. The van der Waals surface area contributed by atoms with Gasteiger partial charge in [-0.25, -0.2) is 14.2 Å². The molecule has 4 N–H and O–H groups in total. The quantitative estimate of drug-likeness (QED) is 0.850. The molecule has 1 aliphatic carbocycles. The van der Waals surface area contributed by atoms with Gasteiger partial charge in [0.15, 0.2) is 0 Å². The standard InChI is InChI=1S/C20H24FN5O/c1-12-3-2-4-16(21)19(12)25-11-13-10-24-18(23)9-17(13)26(20(25)27)15-7-5-14(22)6-8-15/h2-4,9-10,14-15H,5-8,11,22H2,1H3,(H2,23,24)/t14-,15-. The van der Waals surface area contributed by atoms with Crippen LogP contribution in [0.3, 0.4) is 0 Å². The summed E-state index contributed by atoms with van der Waals surface area (Å²) in [6.45, 7) is 2.08. The summed E-state index contributed by atoms with van der Waals surface area (Å²) in [5.74, 6) is -0.0320. The van der Waals surface area contributed by atoms with Gasteiger partial charge in [0.1, 0.15) is 11.6 Å². The summed E-state index contributed by atoms with van der Waals surface area (Å²) < 4.78 is 14.6. The number of hydrogen-bond acceptors (Lipinski definition) is 4. The number of amides is 2. The van der Waals surface area contributed by atoms with Gasteiger partial charge in [-0.15, -0.1) is 0 Å². The van der Waals surface area contributed by atoms with Crippen molar-refractivity contribution in [1.29, 1.82) is 0 Å². The van der Waals surface area contributed by atoms with Crippen LogP contribution in [-0.4, -0.2) is 23.1 Å². The van der Waals surface area contributed by atoms with Crippen LogP contribution in [0.25, 0.3) is 0 Å². The van der Waals surface area contributed by atoms with E-state index in [1.165, 1.54) is 11.0 Å². The maximum Gasteiger partial charge on any atom is 0.329 e. The molecule has 2 aromatic rings. The number of carbonyl (C=O) groups is 1. The molecule has 1 aromatic heterocycles. The Morgan fingerprint density at radius 2 is 1.96 bits per heavy atom. The maximum atomic E-state index is 14.6. The number of benzene rings is 1. The minimum atomic E-state index is -0.402. The zero-order valence-electron chi connectivity index (χ0n) is 15.4. The number of aromatic nitrogens is 1. The third-order valence-electron chi connectivity index (χ3n) is 5.57. The highest BCUT2D eigenvalue weighted by molar-refractivity contribution is 6.07. The number of nitrogens with two attached hydrogens (primary N) is 2. The second-order valence-corrected chi connectivity index (χ2v) is 7.45. The Morgan fingerprint density at radius 1 is 1.22 bits per heavy atom. The number of nitrogen functional groups attached to an aromatic ring is 1. The first-order valence-electron chi connectivity index (χ1n) is 9.31. The smallest absolute Gasteiger partial charge is 0.329 e. The van der Waals surface area contributed by atoms with Crippen LogP contribution in [0.2, 0.25) is 0 Å². The molecule has 27 heavy (non-hydrogen) atoms. The maximum absolute atomic E-state index is 14.6. The summed E-state index contributed by atoms with van der Waals surface area (Å²) in [6, 6.07) is 6.57. The molecule has 1 aliphatic heterocycles. The largest absolute Gasteiger partial charge is 0.384 e. The van der Waals surface area contributed by atoms with Gasteiger partial charge >= 0.3 is 6.03 Å². The number of halogens is 1. The minimum Gasteiger partial charge on any atom is -0.384 e. The Balaban J connectivity index is 1.79. The Labute approximate surface area is 158 Å². The van der Waals surface area contributed by atoms with Gasteiger partial charge in [0.25, 0.3) is 0 Å². The van der Waals surface area contributed by atoms with Crippen LogP contribution in [0.5, 0.6) is 0 Å². The van der Waals surface area contributed by atoms with Gasteiger partial charge in [0.05, 0.1) is 17.9 Å². The second kappa shape index (κ2) is 6.81. The molecule has 2 heterocycles. The highest BCUT2D eigenvalue weighted by Crippen LogP contribution is 2.38. The van der Waals surface area contributed by atoms with Gasteiger partial charge in [-0.2, -0.15) is 0 Å². The number of rotatable bonds is 2. The van der Waals surface area contributed by atoms with Crippen LogP contribution in [0.1, 0.15) is 36.8 Å². The van der Waals surface area contributed by atoms with Crippen molar-refractivity contribution in [3.05, 3.63) is 47.4 Å². The van der Waals surface area contributed by atoms with E-state index in [0.717, 1.165) is 42.5 Å². The van der Waals surface area contributed by atoms with Crippen molar-refractivity contribution >= 4 is 23.2 Å². The molecule has 1 aromatic carbocycles. The molecular formula is C20H24FN5O. The summed E-state index contributed by atoms with van der Waals surface area (Å²) in [6.07, 6.45) is 5.05. The van der Waals surface area contributed by atoms with E-state index >= 15 is 0 Å². The Kier molecular flexibility index (Phi) is 4.47. The normalized spacial score (nSPS) is 22.7. The molecule has 0 radical (unpaired) electrons. The zero-order valence-corrected chi connectivity index (χ0v) is 15.4. The van der Waals surface area contributed by atoms with Crippen LogP contribution < -0.4 is 21.3 Å². The highest BCUT2D eigenvalue weighted by atomic mass is 19.1. The molecule has 0 atom stereocenters. The predicted molar refractivity (Wildman–Crippen MR) is 104 cm³/mol. The van der Waals surface area contributed by atoms with Crippen molar-refractivity contribution in [3.8, 4) is 0 Å². The summed E-state index contributed by atoms with van der Waals surface area (Å²) >= 11 is 0. The first-order chi connectivity index (χ1) is 13.0. The van der Waals surface area contributed by atoms with Crippen molar-refractivity contribution < 1.29 is 9.18 Å². The summed E-state index contributed by atoms with van der Waals surface area (Å²) in [5, 5.41) is 0. The molecular weight excluding hydrogens is 345 g/mol. The first-order valence-corrected chi connectivity index (χ1v) is 9.31. The second-order valence-electron chi connectivity index (χ2n) is 7.45. The van der Waals surface area contributed by atoms with E-state index < -0.39 is 5.82 Å². The molecule has 1 saturated carbocycles. The lowest BCUT2D eigenvalue weighted by Crippen LogP contribution is -2.53. The van der Waals surface area contributed by atoms with Crippen molar-refractivity contribution in [2.75, 3.05) is 15.5 Å². The van der Waals surface area contributed by atoms with Crippen LogP contribution >= 0.6 is 0 Å². The van der Waals surface area contributed by atoms with Crippen molar-refractivity contribution in [3.63, 3.8) is 0 Å². The van der Waals surface area contributed by atoms with Crippen LogP contribution in [-0.2, 0) is 6.54 Å². The lowest BCUT2D eigenvalue weighted by molar-refractivity contribution is 0.243. The van der Waals surface area contributed by atoms with Crippen LogP contribution in [0.4, 0.5) is 26.4 Å². The number of fused-ring (bicyclic) bond motifs is 1. The van der Waals surface area contributed by atoms with Crippen LogP contribution in [0.15, 0.2) is 30.5 Å². The summed E-state index contributed by atoms with van der Waals surface area (Å²) in [4.78, 5) is 20.9. The number of para-hydroxylation sites is 1. The Bertz CT molecular complexity index is 858. The Hall–Kier alpha value is -2.67. The van der Waals surface area contributed by atoms with E-state index in [-0.39, 0.29) is 24.7 Å². The fourth-order valence-electron chi connectivity index (χ4n) is 4.16. The fourth-order valence-corrected chi connectivity index (χ4v) is 4.16. The number of urea groups is 1. The third-order valence-corrected chi connectivity index (χ3v) is 5.57. The monoisotopic (exact) mass is 369 g/mol. The molecule has 2 aliphatic rings. The minimum absolute atomic E-state index is 0.0210. The van der Waals surface area contributed by atoms with Crippen molar-refractivity contribution in [1.82, 2.24) is 4.98 Å². The molecule has 0 bridgehead atoms. The number of hydrogen-bond donors (Lipinski definition) is 2. The van der Waals surface area contributed by atoms with E-state index in [1.807, 2.05) is 13.0 Å². The first kappa shape index (κ1) is 17.7. The predicted octanol–water partition coefficient (Wildman–Crippen LogP) is 3.33. The molecule has 0 saturated heterocycles. The highest BCUT2D eigenvalue weighted by Gasteiger charge is 2.38. The molecule has 6 nitrogen and oxygen atoms in total. The Morgan fingerprint density at radius 3 is 2.67 bits per heavy atom. The summed E-state index contributed by atoms with van der Waals surface area (Å²) in [5.41, 5.74) is 14.6. The number of aryl methyl sites for hydroxylation is 1. The lowest BCUT2D eigenvalue weighted by atomic mass is 9.90. The topological polar surface area (TPSA) is 88.5 Å². The molecule has 7 heteroatoms. The fraction of sp³-hybridized carbons (Fsp3) is 0.400. The van der Waals surface area contributed by atoms with Crippen molar-refractivity contribution in [2.45, 2.75) is 51.2 Å². The number of anilines is 3. The molecule has 0 spiro atoms. The van der Waals surface area contributed by atoms with E-state index in [2.05, 4.69) is 4.98 Å². The van der Waals surface area contributed by atoms with Gasteiger partial charge in [-0.1, -0.05) is 12.1 Å². The van der Waals surface area contributed by atoms with E-state index in [4.69, 9.17) is 11.5 Å². The zero-order chi connectivity index (χ0) is 19.1. The molecule has 4 rings (SSSR count). The molecule has 2 amide bonds. The van der Waals surface area contributed by atoms with Gasteiger partial charge in [-0.3, -0.25) is 9.80 Å². The van der Waals surface area contributed by atoms with Gasteiger partial charge < -0.3 is 11.5 Å². The van der Waals surface area contributed by atoms with Crippen molar-refractivity contribution in [2.24, 2.45) is 5.73 Å². The number of carbonyl (C=O) groups excluding carboxylic acids is 1. The van der Waals surface area contributed by atoms with Gasteiger partial charge in [0.2, 0.25) is 0 Å². The van der Waals surface area contributed by atoms with Gasteiger partial charge in [0, 0.05) is 29.9 Å². The van der Waals surface area contributed by atoms with Crippen LogP contribution in [0, 0.1) is 12.7 Å². The van der Waals surface area contributed by atoms with E-state index in [0.29, 0.717) is 11.5 Å². The molecule has 0 unspecified atom stereocenters. The number of pyridine rings is 1. The molecule has 142 valence electrons. The van der Waals surface area contributed by atoms with Gasteiger partial charge in [-0.05, 0) is 44.2 Å². The number of nitrogens with zero attached hydrogens (tertiary/aromatic N) is 3.